The van der Waals surface area contributed by atoms with Gasteiger partial charge in [0.15, 0.2) is 0 Å². The lowest BCUT2D eigenvalue weighted by Gasteiger charge is -2.39. The SMILES string of the molecule is OCCN(CCO)CC1(CO)CCCCC1. The third-order valence-corrected chi connectivity index (χ3v) is 3.64. The Morgan fingerprint density at radius 3 is 1.88 bits per heavy atom. The maximum Gasteiger partial charge on any atom is 0.0558 e. The Hall–Kier alpha value is -0.160. The first-order chi connectivity index (χ1) is 7.76. The lowest BCUT2D eigenvalue weighted by Crippen LogP contribution is -2.43. The van der Waals surface area contributed by atoms with Crippen LogP contribution in [0.2, 0.25) is 0 Å². The molecular formula is C12H25NO3. The summed E-state index contributed by atoms with van der Waals surface area (Å²) in [5.41, 5.74) is 0.00257. The van der Waals surface area contributed by atoms with Gasteiger partial charge in [-0.05, 0) is 12.8 Å². The molecule has 0 spiro atoms. The molecule has 1 aliphatic carbocycles. The van der Waals surface area contributed by atoms with Gasteiger partial charge >= 0.3 is 0 Å². The Labute approximate surface area is 97.9 Å². The van der Waals surface area contributed by atoms with Crippen LogP contribution in [0.4, 0.5) is 0 Å². The minimum atomic E-state index is 0.00257. The molecule has 0 bridgehead atoms. The first-order valence-electron chi connectivity index (χ1n) is 6.31. The van der Waals surface area contributed by atoms with Gasteiger partial charge in [-0.15, -0.1) is 0 Å². The van der Waals surface area contributed by atoms with Gasteiger partial charge in [-0.3, -0.25) is 4.90 Å². The van der Waals surface area contributed by atoms with Crippen molar-refractivity contribution in [3.05, 3.63) is 0 Å². The van der Waals surface area contributed by atoms with Gasteiger partial charge in [-0.2, -0.15) is 0 Å². The van der Waals surface area contributed by atoms with E-state index >= 15 is 0 Å². The maximum atomic E-state index is 9.58. The van der Waals surface area contributed by atoms with E-state index in [1.54, 1.807) is 0 Å². The van der Waals surface area contributed by atoms with Crippen LogP contribution < -0.4 is 0 Å². The number of hydrogen-bond acceptors (Lipinski definition) is 4. The van der Waals surface area contributed by atoms with Gasteiger partial charge in [0.2, 0.25) is 0 Å². The van der Waals surface area contributed by atoms with E-state index in [2.05, 4.69) is 4.90 Å². The second-order valence-electron chi connectivity index (χ2n) is 4.94. The highest BCUT2D eigenvalue weighted by Crippen LogP contribution is 2.36. The van der Waals surface area contributed by atoms with Gasteiger partial charge in [0.25, 0.3) is 0 Å². The van der Waals surface area contributed by atoms with Crippen LogP contribution in [0.3, 0.4) is 0 Å². The third kappa shape index (κ3) is 4.01. The van der Waals surface area contributed by atoms with Crippen molar-refractivity contribution in [3.8, 4) is 0 Å². The fraction of sp³-hybridized carbons (Fsp3) is 1.00. The summed E-state index contributed by atoms with van der Waals surface area (Å²) in [6.07, 6.45) is 5.77. The molecule has 0 amide bonds. The standard InChI is InChI=1S/C12H25NO3/c14-8-6-13(7-9-15)10-12(11-16)4-2-1-3-5-12/h14-16H,1-11H2. The summed E-state index contributed by atoms with van der Waals surface area (Å²) in [7, 11) is 0. The van der Waals surface area contributed by atoms with Crippen LogP contribution >= 0.6 is 0 Å². The van der Waals surface area contributed by atoms with E-state index in [1.807, 2.05) is 0 Å². The van der Waals surface area contributed by atoms with E-state index in [0.29, 0.717) is 13.1 Å². The Balaban J connectivity index is 2.50. The molecule has 0 unspecified atom stereocenters. The van der Waals surface area contributed by atoms with Crippen molar-refractivity contribution in [2.24, 2.45) is 5.41 Å². The largest absolute Gasteiger partial charge is 0.396 e. The van der Waals surface area contributed by atoms with Crippen molar-refractivity contribution in [3.63, 3.8) is 0 Å². The minimum Gasteiger partial charge on any atom is -0.396 e. The van der Waals surface area contributed by atoms with E-state index in [0.717, 1.165) is 19.4 Å². The zero-order valence-electron chi connectivity index (χ0n) is 10.1. The first kappa shape index (κ1) is 13.9. The van der Waals surface area contributed by atoms with E-state index in [1.165, 1.54) is 19.3 Å². The molecule has 1 rings (SSSR count). The van der Waals surface area contributed by atoms with Gasteiger partial charge < -0.3 is 15.3 Å². The second-order valence-corrected chi connectivity index (χ2v) is 4.94. The van der Waals surface area contributed by atoms with Crippen molar-refractivity contribution in [1.29, 1.82) is 0 Å². The molecule has 0 atom stereocenters. The average molecular weight is 231 g/mol. The summed E-state index contributed by atoms with van der Waals surface area (Å²) in [6.45, 7) is 2.42. The molecule has 0 aromatic rings. The van der Waals surface area contributed by atoms with E-state index in [9.17, 15) is 5.11 Å². The van der Waals surface area contributed by atoms with Crippen molar-refractivity contribution in [2.75, 3.05) is 39.5 Å². The molecule has 3 N–H and O–H groups in total. The van der Waals surface area contributed by atoms with Gasteiger partial charge in [-0.1, -0.05) is 19.3 Å². The van der Waals surface area contributed by atoms with Crippen LogP contribution in [0.5, 0.6) is 0 Å². The summed E-state index contributed by atoms with van der Waals surface area (Å²) in [4.78, 5) is 2.06. The molecular weight excluding hydrogens is 206 g/mol. The Bertz CT molecular complexity index is 175. The van der Waals surface area contributed by atoms with Crippen LogP contribution in [0.1, 0.15) is 32.1 Å². The molecule has 0 aromatic heterocycles. The van der Waals surface area contributed by atoms with Gasteiger partial charge in [-0.25, -0.2) is 0 Å². The fourth-order valence-electron chi connectivity index (χ4n) is 2.70. The van der Waals surface area contributed by atoms with Crippen molar-refractivity contribution in [1.82, 2.24) is 4.90 Å². The molecule has 4 heteroatoms. The van der Waals surface area contributed by atoms with Crippen LogP contribution in [0.15, 0.2) is 0 Å². The Kier molecular flexibility index (Phi) is 6.28. The van der Waals surface area contributed by atoms with E-state index in [4.69, 9.17) is 10.2 Å². The molecule has 0 radical (unpaired) electrons. The Morgan fingerprint density at radius 2 is 1.44 bits per heavy atom. The molecule has 1 fully saturated rings. The van der Waals surface area contributed by atoms with Gasteiger partial charge in [0.1, 0.15) is 0 Å². The fourth-order valence-corrected chi connectivity index (χ4v) is 2.70. The van der Waals surface area contributed by atoms with Crippen molar-refractivity contribution < 1.29 is 15.3 Å². The van der Waals surface area contributed by atoms with Crippen molar-refractivity contribution in [2.45, 2.75) is 32.1 Å². The highest BCUT2D eigenvalue weighted by Gasteiger charge is 2.32. The molecule has 16 heavy (non-hydrogen) atoms. The normalized spacial score (nSPS) is 20.2. The van der Waals surface area contributed by atoms with Crippen LogP contribution in [0, 0.1) is 5.41 Å². The minimum absolute atomic E-state index is 0.00257. The number of hydrogen-bond donors (Lipinski definition) is 3. The highest BCUT2D eigenvalue weighted by molar-refractivity contribution is 4.85. The predicted octanol–water partition coefficient (Wildman–Crippen LogP) is 0.216. The summed E-state index contributed by atoms with van der Waals surface area (Å²) in [5.74, 6) is 0. The number of rotatable bonds is 7. The average Bonchev–Trinajstić information content (AvgIpc) is 2.31. The molecule has 96 valence electrons. The van der Waals surface area contributed by atoms with Gasteiger partial charge in [0, 0.05) is 31.7 Å². The molecule has 0 saturated heterocycles. The Morgan fingerprint density at radius 1 is 0.875 bits per heavy atom. The van der Waals surface area contributed by atoms with Gasteiger partial charge in [0.05, 0.1) is 13.2 Å². The molecule has 4 nitrogen and oxygen atoms in total. The topological polar surface area (TPSA) is 63.9 Å². The highest BCUT2D eigenvalue weighted by atomic mass is 16.3. The summed E-state index contributed by atoms with van der Waals surface area (Å²) < 4.78 is 0. The summed E-state index contributed by atoms with van der Waals surface area (Å²) >= 11 is 0. The third-order valence-electron chi connectivity index (χ3n) is 3.64. The maximum absolute atomic E-state index is 9.58. The lowest BCUT2D eigenvalue weighted by molar-refractivity contribution is 0.0294. The summed E-state index contributed by atoms with van der Waals surface area (Å²) in [6, 6.07) is 0. The first-order valence-corrected chi connectivity index (χ1v) is 6.31. The molecule has 1 saturated carbocycles. The monoisotopic (exact) mass is 231 g/mol. The molecule has 1 aliphatic rings. The van der Waals surface area contributed by atoms with E-state index in [-0.39, 0.29) is 25.2 Å². The lowest BCUT2D eigenvalue weighted by atomic mass is 9.74. The molecule has 0 aliphatic heterocycles. The summed E-state index contributed by atoms with van der Waals surface area (Å²) in [5, 5.41) is 27.5. The molecule has 0 heterocycles. The zero-order valence-corrected chi connectivity index (χ0v) is 10.1. The smallest absolute Gasteiger partial charge is 0.0558 e. The number of nitrogens with zero attached hydrogens (tertiary/aromatic N) is 1. The second kappa shape index (κ2) is 7.22. The number of aliphatic hydroxyl groups excluding tert-OH is 3. The zero-order chi connectivity index (χ0) is 11.9. The quantitative estimate of drug-likeness (QED) is 0.586. The van der Waals surface area contributed by atoms with Crippen LogP contribution in [-0.2, 0) is 0 Å². The number of aliphatic hydroxyl groups is 3. The predicted molar refractivity (Wildman–Crippen MR) is 63.2 cm³/mol. The van der Waals surface area contributed by atoms with Crippen LogP contribution in [0.25, 0.3) is 0 Å². The van der Waals surface area contributed by atoms with E-state index < -0.39 is 0 Å². The molecule has 0 aromatic carbocycles. The van der Waals surface area contributed by atoms with Crippen LogP contribution in [-0.4, -0.2) is 59.7 Å². The van der Waals surface area contributed by atoms with Crippen molar-refractivity contribution >= 4 is 0 Å².